The molecule has 0 spiro atoms. The molecule has 2 amide bonds. The molecule has 5 saturated carbocycles. The fourth-order valence-electron chi connectivity index (χ4n) is 8.49. The van der Waals surface area contributed by atoms with Gasteiger partial charge in [-0.2, -0.15) is 0 Å². The lowest BCUT2D eigenvalue weighted by Gasteiger charge is -2.62. The third-order valence-electron chi connectivity index (χ3n) is 9.34. The average molecular weight is 463 g/mol. The summed E-state index contributed by atoms with van der Waals surface area (Å²) in [5.74, 6) is -0.573. The third-order valence-corrected chi connectivity index (χ3v) is 9.34. The van der Waals surface area contributed by atoms with Crippen molar-refractivity contribution in [1.29, 1.82) is 0 Å². The van der Waals surface area contributed by atoms with Gasteiger partial charge in [0.15, 0.2) is 0 Å². The van der Waals surface area contributed by atoms with Gasteiger partial charge < -0.3 is 25.2 Å². The molecule has 184 valence electrons. The minimum absolute atomic E-state index is 0.0679. The van der Waals surface area contributed by atoms with Crippen LogP contribution in [0, 0.1) is 34.5 Å². The van der Waals surface area contributed by atoms with E-state index in [-0.39, 0.29) is 23.2 Å². The minimum atomic E-state index is -0.985. The largest absolute Gasteiger partial charge is 0.480 e. The number of carboxylic acid groups (broad SMARTS) is 1. The first-order valence-corrected chi connectivity index (χ1v) is 12.4. The van der Waals surface area contributed by atoms with Crippen LogP contribution in [-0.4, -0.2) is 62.9 Å². The first-order valence-electron chi connectivity index (χ1n) is 12.4. The number of ether oxygens (including phenoxy) is 1. The van der Waals surface area contributed by atoms with Crippen LogP contribution in [0.5, 0.6) is 0 Å². The molecule has 1 saturated heterocycles. The Morgan fingerprint density at radius 2 is 1.70 bits per heavy atom. The number of alkyl carbamates (subject to hydrolysis) is 1. The van der Waals surface area contributed by atoms with Gasteiger partial charge in [-0.05, 0) is 82.5 Å². The van der Waals surface area contributed by atoms with Crippen molar-refractivity contribution in [3.05, 3.63) is 0 Å². The smallest absolute Gasteiger partial charge is 0.408 e. The van der Waals surface area contributed by atoms with Gasteiger partial charge in [0.2, 0.25) is 5.91 Å². The molecule has 0 aromatic carbocycles. The molecule has 8 heteroatoms. The molecule has 3 unspecified atom stereocenters. The molecular formula is C25H38N2O6. The molecular weight excluding hydrogens is 424 g/mol. The highest BCUT2D eigenvalue weighted by Gasteiger charge is 2.71. The summed E-state index contributed by atoms with van der Waals surface area (Å²) in [6.07, 6.45) is 3.88. The Hall–Kier alpha value is -1.83. The van der Waals surface area contributed by atoms with E-state index in [4.69, 9.17) is 4.74 Å². The monoisotopic (exact) mass is 462 g/mol. The van der Waals surface area contributed by atoms with Crippen molar-refractivity contribution < 1.29 is 29.3 Å². The fourth-order valence-corrected chi connectivity index (χ4v) is 8.49. The highest BCUT2D eigenvalue weighted by Crippen LogP contribution is 2.66. The van der Waals surface area contributed by atoms with Crippen molar-refractivity contribution in [2.24, 2.45) is 34.5 Å². The summed E-state index contributed by atoms with van der Waals surface area (Å²) < 4.78 is 5.51. The first kappa shape index (κ1) is 22.9. The van der Waals surface area contributed by atoms with Gasteiger partial charge >= 0.3 is 12.1 Å². The summed E-state index contributed by atoms with van der Waals surface area (Å²) in [4.78, 5) is 40.7. The SMILES string of the molecule is CC(C)(C)OC(=O)NC(C(=O)N1C[C@H]2[C@@H]([C@H]1C(=O)O)C2(C)C)C12C[C@@H]3C[C@@H](CC(O)(C3)C1)C2. The van der Waals surface area contributed by atoms with Crippen molar-refractivity contribution in [2.75, 3.05) is 6.54 Å². The Morgan fingerprint density at radius 3 is 2.21 bits per heavy atom. The number of amides is 2. The van der Waals surface area contributed by atoms with Gasteiger partial charge in [-0.1, -0.05) is 13.8 Å². The molecule has 6 aliphatic rings. The Bertz CT molecular complexity index is 878. The highest BCUT2D eigenvalue weighted by atomic mass is 16.6. The van der Waals surface area contributed by atoms with Gasteiger partial charge in [0, 0.05) is 17.9 Å². The Balaban J connectivity index is 1.47. The normalized spacial score (nSPS) is 43.1. The number of carbonyl (C=O) groups excluding carboxylic acids is 2. The maximum absolute atomic E-state index is 14.1. The molecule has 1 heterocycles. The van der Waals surface area contributed by atoms with Crippen LogP contribution in [0.2, 0.25) is 0 Å². The van der Waals surface area contributed by atoms with Crippen LogP contribution in [0.1, 0.15) is 73.1 Å². The van der Waals surface area contributed by atoms with E-state index in [1.807, 2.05) is 0 Å². The van der Waals surface area contributed by atoms with E-state index < -0.39 is 40.8 Å². The van der Waals surface area contributed by atoms with Crippen molar-refractivity contribution in [3.63, 3.8) is 0 Å². The number of aliphatic carboxylic acids is 1. The number of aliphatic hydroxyl groups is 1. The second-order valence-corrected chi connectivity index (χ2v) is 13.4. The number of carboxylic acids is 1. The zero-order valence-corrected chi connectivity index (χ0v) is 20.4. The molecule has 1 aliphatic heterocycles. The standard InChI is InChI=1S/C25H38N2O6/c1-22(2,3)33-21(31)26-18(24-7-13-6-14(8-24)10-25(32,9-13)12-24)19(28)27-11-15-16(23(15,4)5)17(27)20(29)30/h13-18,32H,6-12H2,1-5H3,(H,26,31)(H,29,30)/t13-,14+,15-,16-,17-,18?,24?,25?/m0/s1. The molecule has 3 N–H and O–H groups in total. The number of nitrogens with one attached hydrogen (secondary N) is 1. The molecule has 6 fully saturated rings. The Kier molecular flexibility index (Phi) is 4.77. The summed E-state index contributed by atoms with van der Waals surface area (Å²) in [5, 5.41) is 24.2. The molecule has 6 rings (SSSR count). The van der Waals surface area contributed by atoms with Crippen molar-refractivity contribution in [1.82, 2.24) is 10.2 Å². The van der Waals surface area contributed by atoms with Gasteiger partial charge in [-0.3, -0.25) is 4.79 Å². The van der Waals surface area contributed by atoms with E-state index in [0.717, 1.165) is 32.1 Å². The lowest BCUT2D eigenvalue weighted by Crippen LogP contribution is -2.67. The van der Waals surface area contributed by atoms with Crippen LogP contribution in [0.25, 0.3) is 0 Å². The molecule has 5 aliphatic carbocycles. The van der Waals surface area contributed by atoms with E-state index in [2.05, 4.69) is 19.2 Å². The molecule has 4 bridgehead atoms. The van der Waals surface area contributed by atoms with Crippen molar-refractivity contribution in [2.45, 2.75) is 96.4 Å². The van der Waals surface area contributed by atoms with E-state index in [1.54, 1.807) is 20.8 Å². The topological polar surface area (TPSA) is 116 Å². The number of fused-ring (bicyclic) bond motifs is 1. The number of likely N-dealkylation sites (tertiary alicyclic amines) is 1. The molecule has 8 atom stereocenters. The number of hydrogen-bond donors (Lipinski definition) is 3. The molecule has 8 nitrogen and oxygen atoms in total. The predicted octanol–water partition coefficient (Wildman–Crippen LogP) is 2.78. The van der Waals surface area contributed by atoms with E-state index >= 15 is 0 Å². The van der Waals surface area contributed by atoms with Crippen LogP contribution in [0.4, 0.5) is 4.79 Å². The summed E-state index contributed by atoms with van der Waals surface area (Å²) in [6, 6.07) is -1.77. The lowest BCUT2D eigenvalue weighted by molar-refractivity contribution is -0.181. The fraction of sp³-hybridized carbons (Fsp3) is 0.880. The molecule has 0 aromatic heterocycles. The van der Waals surface area contributed by atoms with Crippen molar-refractivity contribution >= 4 is 18.0 Å². The number of carbonyl (C=O) groups is 3. The van der Waals surface area contributed by atoms with Gasteiger partial charge in [-0.15, -0.1) is 0 Å². The van der Waals surface area contributed by atoms with Gasteiger partial charge in [0.25, 0.3) is 0 Å². The average Bonchev–Trinajstić information content (AvgIpc) is 2.97. The predicted molar refractivity (Wildman–Crippen MR) is 119 cm³/mol. The lowest BCUT2D eigenvalue weighted by atomic mass is 9.46. The molecule has 0 radical (unpaired) electrons. The molecule has 0 aromatic rings. The maximum atomic E-state index is 14.1. The second-order valence-electron chi connectivity index (χ2n) is 13.4. The van der Waals surface area contributed by atoms with Crippen LogP contribution in [0.3, 0.4) is 0 Å². The number of rotatable bonds is 4. The Morgan fingerprint density at radius 1 is 1.09 bits per heavy atom. The van der Waals surface area contributed by atoms with Gasteiger partial charge in [-0.25, -0.2) is 9.59 Å². The van der Waals surface area contributed by atoms with Gasteiger partial charge in [0.05, 0.1) is 5.60 Å². The number of nitrogens with zero attached hydrogens (tertiary/aromatic N) is 1. The first-order chi connectivity index (χ1) is 15.1. The highest BCUT2D eigenvalue weighted by molar-refractivity contribution is 5.91. The van der Waals surface area contributed by atoms with Crippen LogP contribution in [0.15, 0.2) is 0 Å². The summed E-state index contributed by atoms with van der Waals surface area (Å²) in [6.45, 7) is 9.83. The zero-order chi connectivity index (χ0) is 24.1. The Labute approximate surface area is 195 Å². The molecule has 33 heavy (non-hydrogen) atoms. The number of piperidine rings is 1. The third kappa shape index (κ3) is 3.63. The van der Waals surface area contributed by atoms with Crippen LogP contribution < -0.4 is 5.32 Å². The summed E-state index contributed by atoms with van der Waals surface area (Å²) in [7, 11) is 0. The number of hydrogen-bond acceptors (Lipinski definition) is 5. The van der Waals surface area contributed by atoms with E-state index in [0.29, 0.717) is 24.8 Å². The van der Waals surface area contributed by atoms with E-state index in [1.165, 1.54) is 4.90 Å². The van der Waals surface area contributed by atoms with Crippen molar-refractivity contribution in [3.8, 4) is 0 Å². The zero-order valence-electron chi connectivity index (χ0n) is 20.4. The quantitative estimate of drug-likeness (QED) is 0.592. The van der Waals surface area contributed by atoms with E-state index in [9.17, 15) is 24.6 Å². The van der Waals surface area contributed by atoms with Gasteiger partial charge in [0.1, 0.15) is 17.7 Å². The second kappa shape index (κ2) is 6.86. The summed E-state index contributed by atoms with van der Waals surface area (Å²) >= 11 is 0. The summed E-state index contributed by atoms with van der Waals surface area (Å²) in [5.41, 5.74) is -2.19. The minimum Gasteiger partial charge on any atom is -0.480 e. The maximum Gasteiger partial charge on any atom is 0.408 e. The van der Waals surface area contributed by atoms with Crippen LogP contribution >= 0.6 is 0 Å². The van der Waals surface area contributed by atoms with Crippen LogP contribution in [-0.2, 0) is 14.3 Å².